The van der Waals surface area contributed by atoms with Crippen LogP contribution in [0.4, 0.5) is 0 Å². The smallest absolute Gasteiger partial charge is 0.289 e. The van der Waals surface area contributed by atoms with Crippen LogP contribution in [-0.4, -0.2) is 83.4 Å². The third-order valence-electron chi connectivity index (χ3n) is 9.31. The third-order valence-corrected chi connectivity index (χ3v) is 9.54. The molecule has 0 bridgehead atoms. The molecule has 0 unspecified atom stereocenters. The monoisotopic (exact) mass is 707 g/mol. The molecule has 5 rings (SSSR count). The van der Waals surface area contributed by atoms with Crippen LogP contribution in [0.15, 0.2) is 59.8 Å². The Morgan fingerprint density at radius 1 is 1.06 bits per heavy atom. The van der Waals surface area contributed by atoms with Crippen LogP contribution in [0.3, 0.4) is 0 Å². The summed E-state index contributed by atoms with van der Waals surface area (Å²) < 4.78 is 5.54. The van der Waals surface area contributed by atoms with Crippen LogP contribution in [0, 0.1) is 5.41 Å². The van der Waals surface area contributed by atoms with Crippen molar-refractivity contribution in [2.75, 3.05) is 13.7 Å². The molecule has 2 aromatic carbocycles. The molecule has 268 valence electrons. The lowest BCUT2D eigenvalue weighted by molar-refractivity contribution is -0.146. The molecule has 1 saturated heterocycles. The second kappa shape index (κ2) is 15.3. The minimum atomic E-state index is -1.09. The summed E-state index contributed by atoms with van der Waals surface area (Å²) >= 11 is 6.25. The number of oxime groups is 1. The van der Waals surface area contributed by atoms with Crippen molar-refractivity contribution >= 4 is 46.7 Å². The van der Waals surface area contributed by atoms with E-state index < -0.39 is 64.7 Å². The van der Waals surface area contributed by atoms with E-state index in [-0.39, 0.29) is 31.8 Å². The number of ether oxygens (including phenoxy) is 1. The zero-order valence-electron chi connectivity index (χ0n) is 29.2. The summed E-state index contributed by atoms with van der Waals surface area (Å²) in [5.74, 6) is -3.08. The molecule has 5 atom stereocenters. The minimum absolute atomic E-state index is 0.0130. The molecule has 12 nitrogen and oxygen atoms in total. The fraction of sp³-hybridized carbons (Fsp3) is 0.514. The largest absolute Gasteiger partial charge is 0.387 e. The van der Waals surface area contributed by atoms with Gasteiger partial charge in [0, 0.05) is 36.6 Å². The average Bonchev–Trinajstić information content (AvgIpc) is 3.67. The molecule has 1 saturated carbocycles. The van der Waals surface area contributed by atoms with E-state index in [1.54, 1.807) is 42.5 Å². The maximum atomic E-state index is 14.7. The first kappa shape index (κ1) is 37.0. The fourth-order valence-electron chi connectivity index (χ4n) is 6.47. The number of Topliss-reactive ketones (excluding diaryl/α,β-unsaturated/α-hetero) is 1. The highest BCUT2D eigenvalue weighted by Gasteiger charge is 2.56. The number of methoxy groups -OCH3 is 1. The Balaban J connectivity index is 1.42. The number of carbonyl (C=O) groups excluding carboxylic acids is 5. The molecule has 50 heavy (non-hydrogen) atoms. The van der Waals surface area contributed by atoms with Gasteiger partial charge < -0.3 is 30.4 Å². The van der Waals surface area contributed by atoms with Gasteiger partial charge in [0.25, 0.3) is 11.8 Å². The molecule has 4 amide bonds. The van der Waals surface area contributed by atoms with Crippen molar-refractivity contribution in [1.29, 1.82) is 0 Å². The van der Waals surface area contributed by atoms with Crippen LogP contribution in [0.5, 0.6) is 0 Å². The van der Waals surface area contributed by atoms with Crippen LogP contribution in [0.2, 0.25) is 5.02 Å². The number of rotatable bonds is 13. The van der Waals surface area contributed by atoms with E-state index in [1.807, 2.05) is 39.8 Å². The van der Waals surface area contributed by atoms with Gasteiger partial charge in [-0.25, -0.2) is 0 Å². The molecule has 2 fully saturated rings. The SMILES string of the molecule is CCC[C@H](NC(=O)[C@@H]1C[C@]2(CC(c3cccc(Cl)c3)=NO2)CN1C(=O)[C@@H](NC(=O)[C@H](OC)c1ccccc1)C(C)(C)C)C(=O)C(=O)NC1CC1. The van der Waals surface area contributed by atoms with Gasteiger partial charge in [-0.1, -0.05) is 93.3 Å². The van der Waals surface area contributed by atoms with Crippen molar-refractivity contribution in [2.45, 2.75) is 102 Å². The van der Waals surface area contributed by atoms with Gasteiger partial charge in [0.1, 0.15) is 12.1 Å². The summed E-state index contributed by atoms with van der Waals surface area (Å²) in [7, 11) is 1.42. The molecule has 2 aliphatic heterocycles. The number of likely N-dealkylation sites (tertiary alicyclic amines) is 1. The molecule has 1 spiro atoms. The van der Waals surface area contributed by atoms with Crippen molar-refractivity contribution in [2.24, 2.45) is 10.6 Å². The van der Waals surface area contributed by atoms with Crippen molar-refractivity contribution in [3.05, 3.63) is 70.7 Å². The highest BCUT2D eigenvalue weighted by molar-refractivity contribution is 6.38. The second-order valence-corrected chi connectivity index (χ2v) is 14.9. The Morgan fingerprint density at radius 2 is 1.78 bits per heavy atom. The molecule has 2 aromatic rings. The number of amides is 4. The van der Waals surface area contributed by atoms with E-state index in [4.69, 9.17) is 21.2 Å². The lowest BCUT2D eigenvalue weighted by Crippen LogP contribution is -2.59. The molecule has 13 heteroatoms. The molecular weight excluding hydrogens is 662 g/mol. The first-order valence-electron chi connectivity index (χ1n) is 17.1. The number of hydrogen-bond donors (Lipinski definition) is 3. The third kappa shape index (κ3) is 8.53. The van der Waals surface area contributed by atoms with Crippen molar-refractivity contribution in [3.63, 3.8) is 0 Å². The van der Waals surface area contributed by atoms with Crippen LogP contribution in [0.25, 0.3) is 0 Å². The van der Waals surface area contributed by atoms with Gasteiger partial charge in [-0.05, 0) is 42.4 Å². The molecule has 3 aliphatic rings. The van der Waals surface area contributed by atoms with Crippen LogP contribution < -0.4 is 16.0 Å². The predicted octanol–water partition coefficient (Wildman–Crippen LogP) is 3.86. The van der Waals surface area contributed by atoms with Gasteiger partial charge >= 0.3 is 0 Å². The summed E-state index contributed by atoms with van der Waals surface area (Å²) in [4.78, 5) is 75.8. The number of nitrogens with zero attached hydrogens (tertiary/aromatic N) is 2. The summed E-state index contributed by atoms with van der Waals surface area (Å²) in [5.41, 5.74) is 0.130. The quantitative estimate of drug-likeness (QED) is 0.267. The van der Waals surface area contributed by atoms with Gasteiger partial charge in [0.15, 0.2) is 11.7 Å². The summed E-state index contributed by atoms with van der Waals surface area (Å²) in [5, 5.41) is 13.3. The Morgan fingerprint density at radius 3 is 2.40 bits per heavy atom. The van der Waals surface area contributed by atoms with E-state index in [0.717, 1.165) is 18.4 Å². The normalized spacial score (nSPS) is 21.8. The molecular formula is C37H46ClN5O7. The van der Waals surface area contributed by atoms with E-state index in [2.05, 4.69) is 21.1 Å². The van der Waals surface area contributed by atoms with Crippen LogP contribution >= 0.6 is 11.6 Å². The zero-order chi connectivity index (χ0) is 36.2. The Kier molecular flexibility index (Phi) is 11.3. The first-order valence-corrected chi connectivity index (χ1v) is 17.5. The number of benzene rings is 2. The number of nitrogens with one attached hydrogen (secondary N) is 3. The molecule has 2 heterocycles. The van der Waals surface area contributed by atoms with E-state index in [1.165, 1.54) is 12.0 Å². The van der Waals surface area contributed by atoms with Gasteiger partial charge in [-0.15, -0.1) is 0 Å². The standard InChI is InChI=1S/C37H46ClN5O7/c1-6-11-26(29(44)33(46)39-25-16-17-25)40-32(45)28-20-37(19-27(42-50-37)23-14-10-15-24(38)18-23)21-43(28)35(48)31(36(2,3)4)41-34(47)30(49-5)22-12-8-7-9-13-22/h7-10,12-15,18,25-26,28,30-31H,6,11,16-17,19-21H2,1-5H3,(H,39,46)(H,40,45)(H,41,47)/t26-,28-,30+,31+,37+/m0/s1. The lowest BCUT2D eigenvalue weighted by Gasteiger charge is -2.36. The highest BCUT2D eigenvalue weighted by atomic mass is 35.5. The number of carbonyl (C=O) groups is 5. The van der Waals surface area contributed by atoms with Crippen molar-refractivity contribution in [3.8, 4) is 0 Å². The predicted molar refractivity (Wildman–Crippen MR) is 187 cm³/mol. The molecule has 3 N–H and O–H groups in total. The second-order valence-electron chi connectivity index (χ2n) is 14.5. The maximum Gasteiger partial charge on any atom is 0.289 e. The van der Waals surface area contributed by atoms with Gasteiger partial charge in [0.2, 0.25) is 17.6 Å². The van der Waals surface area contributed by atoms with Gasteiger partial charge in [0.05, 0.1) is 18.3 Å². The number of hydrogen-bond acceptors (Lipinski definition) is 8. The Bertz CT molecular complexity index is 1640. The average molecular weight is 708 g/mol. The number of halogens is 1. The maximum absolute atomic E-state index is 14.7. The van der Waals surface area contributed by atoms with E-state index >= 15 is 0 Å². The lowest BCUT2D eigenvalue weighted by atomic mass is 9.85. The fourth-order valence-corrected chi connectivity index (χ4v) is 6.66. The van der Waals surface area contributed by atoms with Crippen molar-refractivity contribution in [1.82, 2.24) is 20.9 Å². The van der Waals surface area contributed by atoms with Gasteiger partial charge in [-0.2, -0.15) is 0 Å². The summed E-state index contributed by atoms with van der Waals surface area (Å²) in [6.07, 6.45) is 1.77. The van der Waals surface area contributed by atoms with E-state index in [0.29, 0.717) is 22.7 Å². The first-order chi connectivity index (χ1) is 23.7. The Hall–Kier alpha value is -4.29. The zero-order valence-corrected chi connectivity index (χ0v) is 29.9. The highest BCUT2D eigenvalue weighted by Crippen LogP contribution is 2.40. The van der Waals surface area contributed by atoms with E-state index in [9.17, 15) is 24.0 Å². The van der Waals surface area contributed by atoms with Crippen molar-refractivity contribution < 1.29 is 33.5 Å². The van der Waals surface area contributed by atoms with Crippen LogP contribution in [0.1, 0.15) is 83.5 Å². The minimum Gasteiger partial charge on any atom is -0.387 e. The molecule has 1 aliphatic carbocycles. The molecule has 0 aromatic heterocycles. The topological polar surface area (TPSA) is 156 Å². The summed E-state index contributed by atoms with van der Waals surface area (Å²) in [6.45, 7) is 7.30. The van der Waals surface area contributed by atoms with Gasteiger partial charge in [-0.3, -0.25) is 24.0 Å². The number of ketones is 1. The molecule has 0 radical (unpaired) electrons. The summed E-state index contributed by atoms with van der Waals surface area (Å²) in [6, 6.07) is 12.8. The Labute approximate surface area is 297 Å². The van der Waals surface area contributed by atoms with Crippen LogP contribution in [-0.2, 0) is 33.5 Å².